The van der Waals surface area contributed by atoms with E-state index in [0.29, 0.717) is 19.7 Å². The lowest BCUT2D eigenvalue weighted by Gasteiger charge is -2.15. The molecule has 0 aromatic heterocycles. The summed E-state index contributed by atoms with van der Waals surface area (Å²) in [7, 11) is 1.64. The summed E-state index contributed by atoms with van der Waals surface area (Å²) >= 11 is 0. The molecule has 0 atom stereocenters. The third-order valence-electron chi connectivity index (χ3n) is 3.72. The molecule has 0 saturated heterocycles. The molecule has 0 unspecified atom stereocenters. The van der Waals surface area contributed by atoms with Crippen LogP contribution in [-0.2, 0) is 9.53 Å². The van der Waals surface area contributed by atoms with Crippen LogP contribution in [0.5, 0.6) is 5.75 Å². The Balaban J connectivity index is 1.67. The summed E-state index contributed by atoms with van der Waals surface area (Å²) in [5.74, 6) is 0.973. The average Bonchev–Trinajstić information content (AvgIpc) is 3.26. The van der Waals surface area contributed by atoms with Gasteiger partial charge in [-0.1, -0.05) is 0 Å². The Hall–Kier alpha value is -1.75. The van der Waals surface area contributed by atoms with Crippen molar-refractivity contribution in [2.45, 2.75) is 32.8 Å². The van der Waals surface area contributed by atoms with E-state index < -0.39 is 0 Å². The number of hydrogen-bond acceptors (Lipinski definition) is 4. The highest BCUT2D eigenvalue weighted by Crippen LogP contribution is 2.45. The van der Waals surface area contributed by atoms with Gasteiger partial charge in [-0.05, 0) is 51.0 Å². The molecule has 1 fully saturated rings. The third kappa shape index (κ3) is 4.63. The lowest BCUT2D eigenvalue weighted by Crippen LogP contribution is -2.37. The first-order valence-electron chi connectivity index (χ1n) is 7.83. The van der Waals surface area contributed by atoms with Crippen molar-refractivity contribution in [1.29, 1.82) is 0 Å². The number of rotatable bonds is 9. The number of methoxy groups -OCH3 is 1. The van der Waals surface area contributed by atoms with E-state index in [1.54, 1.807) is 7.11 Å². The van der Waals surface area contributed by atoms with Crippen LogP contribution in [0, 0.1) is 5.41 Å². The van der Waals surface area contributed by atoms with Gasteiger partial charge in [0, 0.05) is 25.9 Å². The number of amides is 1. The van der Waals surface area contributed by atoms with Crippen molar-refractivity contribution in [2.24, 2.45) is 5.41 Å². The van der Waals surface area contributed by atoms with Gasteiger partial charge in [0.05, 0.1) is 18.1 Å². The summed E-state index contributed by atoms with van der Waals surface area (Å²) in [6, 6.07) is 7.84. The molecule has 122 valence electrons. The molecular formula is C17H26N2O3. The molecule has 0 aliphatic heterocycles. The zero-order chi connectivity index (χ0) is 16.0. The first-order valence-corrected chi connectivity index (χ1v) is 7.83. The van der Waals surface area contributed by atoms with E-state index in [-0.39, 0.29) is 17.4 Å². The van der Waals surface area contributed by atoms with E-state index in [4.69, 9.17) is 9.47 Å². The van der Waals surface area contributed by atoms with E-state index in [9.17, 15) is 4.79 Å². The number of hydrogen-bond donors (Lipinski definition) is 2. The predicted octanol–water partition coefficient (Wildman–Crippen LogP) is 2.43. The highest BCUT2D eigenvalue weighted by atomic mass is 16.5. The average molecular weight is 306 g/mol. The molecular weight excluding hydrogens is 280 g/mol. The minimum Gasteiger partial charge on any atom is -0.491 e. The maximum atomic E-state index is 12.0. The van der Waals surface area contributed by atoms with Crippen LogP contribution in [0.4, 0.5) is 5.69 Å². The Morgan fingerprint density at radius 3 is 2.45 bits per heavy atom. The van der Waals surface area contributed by atoms with Gasteiger partial charge in [0.1, 0.15) is 5.75 Å². The van der Waals surface area contributed by atoms with Crippen molar-refractivity contribution in [1.82, 2.24) is 5.32 Å². The lowest BCUT2D eigenvalue weighted by atomic mass is 10.1. The van der Waals surface area contributed by atoms with E-state index in [1.165, 1.54) is 0 Å². The van der Waals surface area contributed by atoms with E-state index in [0.717, 1.165) is 24.3 Å². The molecule has 2 rings (SSSR count). The molecule has 1 aromatic carbocycles. The van der Waals surface area contributed by atoms with Gasteiger partial charge >= 0.3 is 0 Å². The fourth-order valence-corrected chi connectivity index (χ4v) is 2.36. The molecule has 0 spiro atoms. The third-order valence-corrected chi connectivity index (χ3v) is 3.72. The number of anilines is 1. The van der Waals surface area contributed by atoms with Crippen molar-refractivity contribution in [3.05, 3.63) is 24.3 Å². The van der Waals surface area contributed by atoms with Gasteiger partial charge < -0.3 is 20.1 Å². The zero-order valence-electron chi connectivity index (χ0n) is 13.6. The zero-order valence-corrected chi connectivity index (χ0v) is 13.6. The second-order valence-corrected chi connectivity index (χ2v) is 6.09. The topological polar surface area (TPSA) is 59.6 Å². The first kappa shape index (κ1) is 16.6. The van der Waals surface area contributed by atoms with Gasteiger partial charge in [-0.3, -0.25) is 4.79 Å². The quantitative estimate of drug-likeness (QED) is 0.688. The smallest absolute Gasteiger partial charge is 0.228 e. The molecule has 1 aromatic rings. The van der Waals surface area contributed by atoms with Crippen LogP contribution in [0.2, 0.25) is 0 Å². The van der Waals surface area contributed by atoms with Crippen LogP contribution < -0.4 is 15.4 Å². The number of ether oxygens (including phenoxy) is 2. The Morgan fingerprint density at radius 2 is 1.91 bits per heavy atom. The monoisotopic (exact) mass is 306 g/mol. The molecule has 1 aliphatic rings. The summed E-state index contributed by atoms with van der Waals surface area (Å²) in [5.41, 5.74) is 0.758. The minimum absolute atomic E-state index is 0.108. The molecule has 5 heteroatoms. The highest BCUT2D eigenvalue weighted by Gasteiger charge is 2.49. The second kappa shape index (κ2) is 7.49. The van der Waals surface area contributed by atoms with Gasteiger partial charge in [-0.15, -0.1) is 0 Å². The van der Waals surface area contributed by atoms with Gasteiger partial charge in [0.15, 0.2) is 0 Å². The van der Waals surface area contributed by atoms with Crippen LogP contribution in [0.3, 0.4) is 0 Å². The molecule has 1 amide bonds. The fraction of sp³-hybridized carbons (Fsp3) is 0.588. The van der Waals surface area contributed by atoms with Crippen LogP contribution in [0.25, 0.3) is 0 Å². The van der Waals surface area contributed by atoms with Crippen LogP contribution in [-0.4, -0.2) is 38.8 Å². The van der Waals surface area contributed by atoms with E-state index >= 15 is 0 Å². The number of carbonyl (C=O) groups is 1. The SMILES string of the molecule is COCC1(C(=O)NCCNc2ccc(OC(C)C)cc2)CC1. The maximum absolute atomic E-state index is 12.0. The second-order valence-electron chi connectivity index (χ2n) is 6.09. The molecule has 0 heterocycles. The van der Waals surface area contributed by atoms with Crippen LogP contribution in [0.15, 0.2) is 24.3 Å². The van der Waals surface area contributed by atoms with Gasteiger partial charge in [0.25, 0.3) is 0 Å². The fourth-order valence-electron chi connectivity index (χ4n) is 2.36. The Morgan fingerprint density at radius 1 is 1.23 bits per heavy atom. The van der Waals surface area contributed by atoms with Crippen molar-refractivity contribution < 1.29 is 14.3 Å². The normalized spacial score (nSPS) is 15.5. The largest absolute Gasteiger partial charge is 0.491 e. The molecule has 2 N–H and O–H groups in total. The summed E-state index contributed by atoms with van der Waals surface area (Å²) in [4.78, 5) is 12.0. The Labute approximate surface area is 132 Å². The van der Waals surface area contributed by atoms with Crippen molar-refractivity contribution in [3.63, 3.8) is 0 Å². The van der Waals surface area contributed by atoms with Gasteiger partial charge in [0.2, 0.25) is 5.91 Å². The lowest BCUT2D eigenvalue weighted by molar-refractivity contribution is -0.128. The maximum Gasteiger partial charge on any atom is 0.228 e. The number of nitrogens with one attached hydrogen (secondary N) is 2. The Bertz CT molecular complexity index is 481. The van der Waals surface area contributed by atoms with Crippen LogP contribution >= 0.6 is 0 Å². The van der Waals surface area contributed by atoms with E-state index in [1.807, 2.05) is 38.1 Å². The number of carbonyl (C=O) groups excluding carboxylic acids is 1. The molecule has 0 radical (unpaired) electrons. The summed E-state index contributed by atoms with van der Waals surface area (Å²) < 4.78 is 10.7. The molecule has 0 bridgehead atoms. The van der Waals surface area contributed by atoms with E-state index in [2.05, 4.69) is 10.6 Å². The van der Waals surface area contributed by atoms with Crippen molar-refractivity contribution in [3.8, 4) is 5.75 Å². The molecule has 22 heavy (non-hydrogen) atoms. The summed E-state index contributed by atoms with van der Waals surface area (Å²) in [6.45, 7) is 5.83. The number of benzene rings is 1. The standard InChI is InChI=1S/C17H26N2O3/c1-13(2)22-15-6-4-14(5-7-15)18-10-11-19-16(20)17(8-9-17)12-21-3/h4-7,13,18H,8-12H2,1-3H3,(H,19,20). The van der Waals surface area contributed by atoms with Crippen LogP contribution in [0.1, 0.15) is 26.7 Å². The highest BCUT2D eigenvalue weighted by molar-refractivity contribution is 5.85. The molecule has 5 nitrogen and oxygen atoms in total. The molecule has 1 saturated carbocycles. The predicted molar refractivity (Wildman–Crippen MR) is 87.2 cm³/mol. The van der Waals surface area contributed by atoms with Gasteiger partial charge in [-0.25, -0.2) is 0 Å². The van der Waals surface area contributed by atoms with Gasteiger partial charge in [-0.2, -0.15) is 0 Å². The Kier molecular flexibility index (Phi) is 5.66. The minimum atomic E-state index is -0.259. The summed E-state index contributed by atoms with van der Waals surface area (Å²) in [5, 5.41) is 6.25. The summed E-state index contributed by atoms with van der Waals surface area (Å²) in [6.07, 6.45) is 2.03. The van der Waals surface area contributed by atoms with Crippen molar-refractivity contribution in [2.75, 3.05) is 32.1 Å². The first-order chi connectivity index (χ1) is 10.6. The molecule has 1 aliphatic carbocycles. The van der Waals surface area contributed by atoms with Crippen molar-refractivity contribution >= 4 is 11.6 Å².